The Morgan fingerprint density at radius 1 is 1.07 bits per heavy atom. The van der Waals surface area contributed by atoms with Crippen molar-refractivity contribution in [2.75, 3.05) is 27.2 Å². The average Bonchev–Trinajstić information content (AvgIpc) is 3.52. The summed E-state index contributed by atoms with van der Waals surface area (Å²) in [5.74, 6) is 1.36. The number of thioether (sulfide) groups is 1. The second kappa shape index (κ2) is 12.0. The number of hydrogen-bond donors (Lipinski definition) is 3. The molecule has 0 radical (unpaired) electrons. The van der Waals surface area contributed by atoms with Crippen LogP contribution in [0.15, 0.2) is 64.5 Å². The van der Waals surface area contributed by atoms with E-state index in [-0.39, 0.29) is 41.2 Å². The number of carbonyl (C=O) groups is 1. The lowest BCUT2D eigenvalue weighted by Gasteiger charge is -2.18. The zero-order chi connectivity index (χ0) is 20.5. The standard InChI is InChI=1S/C22H28N4O2S.HI/c1-23-21(26-16-22(12-13-22)29-19-6-4-3-5-7-19)25-15-20(27)24-14-17-8-10-18(28-2)11-9-17;/h3-11H,12-16H2,1-2H3,(H,24,27)(H2,23,25,26);1H. The lowest BCUT2D eigenvalue weighted by molar-refractivity contribution is -0.120. The predicted octanol–water partition coefficient (Wildman–Crippen LogP) is 3.42. The summed E-state index contributed by atoms with van der Waals surface area (Å²) in [6.07, 6.45) is 2.36. The molecule has 3 rings (SSSR count). The van der Waals surface area contributed by atoms with E-state index in [0.717, 1.165) is 17.9 Å². The Balaban J connectivity index is 0.00000320. The van der Waals surface area contributed by atoms with E-state index in [1.807, 2.05) is 42.1 Å². The van der Waals surface area contributed by atoms with Crippen molar-refractivity contribution in [1.82, 2.24) is 16.0 Å². The van der Waals surface area contributed by atoms with Gasteiger partial charge in [-0.2, -0.15) is 0 Å². The highest BCUT2D eigenvalue weighted by molar-refractivity contribution is 14.0. The Labute approximate surface area is 199 Å². The number of hydrogen-bond acceptors (Lipinski definition) is 4. The summed E-state index contributed by atoms with van der Waals surface area (Å²) in [5.41, 5.74) is 1.02. The number of aliphatic imine (C=N–C) groups is 1. The maximum atomic E-state index is 12.1. The first-order chi connectivity index (χ1) is 14.1. The van der Waals surface area contributed by atoms with E-state index >= 15 is 0 Å². The van der Waals surface area contributed by atoms with Crippen LogP contribution in [0.5, 0.6) is 5.75 Å². The molecule has 162 valence electrons. The van der Waals surface area contributed by atoms with Gasteiger partial charge in [-0.05, 0) is 42.7 Å². The molecule has 1 amide bonds. The fourth-order valence-electron chi connectivity index (χ4n) is 2.83. The van der Waals surface area contributed by atoms with Gasteiger partial charge in [-0.1, -0.05) is 30.3 Å². The van der Waals surface area contributed by atoms with Gasteiger partial charge in [0.2, 0.25) is 5.91 Å². The highest BCUT2D eigenvalue weighted by Gasteiger charge is 2.43. The second-order valence-corrected chi connectivity index (χ2v) is 8.54. The number of halogens is 1. The second-order valence-electron chi connectivity index (χ2n) is 7.00. The van der Waals surface area contributed by atoms with E-state index < -0.39 is 0 Å². The molecule has 8 heteroatoms. The number of rotatable bonds is 9. The number of nitrogens with one attached hydrogen (secondary N) is 3. The van der Waals surface area contributed by atoms with Crippen molar-refractivity contribution in [1.29, 1.82) is 0 Å². The maximum Gasteiger partial charge on any atom is 0.239 e. The quantitative estimate of drug-likeness (QED) is 0.258. The summed E-state index contributed by atoms with van der Waals surface area (Å²) < 4.78 is 5.36. The van der Waals surface area contributed by atoms with Crippen LogP contribution in [0, 0.1) is 0 Å². The Morgan fingerprint density at radius 2 is 1.77 bits per heavy atom. The van der Waals surface area contributed by atoms with E-state index in [1.165, 1.54) is 17.7 Å². The van der Waals surface area contributed by atoms with E-state index in [9.17, 15) is 4.79 Å². The zero-order valence-electron chi connectivity index (χ0n) is 17.3. The topological polar surface area (TPSA) is 74.8 Å². The largest absolute Gasteiger partial charge is 0.497 e. The third-order valence-corrected chi connectivity index (χ3v) is 6.25. The van der Waals surface area contributed by atoms with Crippen LogP contribution in [-0.2, 0) is 11.3 Å². The Morgan fingerprint density at radius 3 is 2.37 bits per heavy atom. The van der Waals surface area contributed by atoms with Crippen molar-refractivity contribution >= 4 is 47.6 Å². The normalized spacial score (nSPS) is 14.3. The van der Waals surface area contributed by atoms with Crippen molar-refractivity contribution < 1.29 is 9.53 Å². The first-order valence-corrected chi connectivity index (χ1v) is 10.5. The van der Waals surface area contributed by atoms with Crippen LogP contribution in [0.3, 0.4) is 0 Å². The summed E-state index contributed by atoms with van der Waals surface area (Å²) in [7, 11) is 3.35. The van der Waals surface area contributed by atoms with Gasteiger partial charge < -0.3 is 20.7 Å². The van der Waals surface area contributed by atoms with E-state index in [1.54, 1.807) is 14.2 Å². The number of benzene rings is 2. The highest BCUT2D eigenvalue weighted by Crippen LogP contribution is 2.51. The van der Waals surface area contributed by atoms with Gasteiger partial charge in [0.1, 0.15) is 5.75 Å². The van der Waals surface area contributed by atoms with Crippen molar-refractivity contribution in [3.05, 3.63) is 60.2 Å². The lowest BCUT2D eigenvalue weighted by atomic mass is 10.2. The molecule has 1 aliphatic rings. The summed E-state index contributed by atoms with van der Waals surface area (Å²) in [5, 5.41) is 9.35. The minimum Gasteiger partial charge on any atom is -0.497 e. The number of carbonyl (C=O) groups excluding carboxylic acids is 1. The molecule has 30 heavy (non-hydrogen) atoms. The van der Waals surface area contributed by atoms with Gasteiger partial charge >= 0.3 is 0 Å². The Bertz CT molecular complexity index is 827. The molecule has 1 fully saturated rings. The molecule has 0 heterocycles. The molecule has 1 aliphatic carbocycles. The number of nitrogens with zero attached hydrogens (tertiary/aromatic N) is 1. The fraction of sp³-hybridized carbons (Fsp3) is 0.364. The van der Waals surface area contributed by atoms with Crippen LogP contribution >= 0.6 is 35.7 Å². The van der Waals surface area contributed by atoms with Crippen molar-refractivity contribution in [3.63, 3.8) is 0 Å². The Kier molecular flexibility index (Phi) is 9.77. The van der Waals surface area contributed by atoms with Gasteiger partial charge in [0.05, 0.1) is 13.7 Å². The SMILES string of the molecule is CN=C(NCC(=O)NCc1ccc(OC)cc1)NCC1(Sc2ccccc2)CC1.I. The van der Waals surface area contributed by atoms with Crippen molar-refractivity contribution in [2.24, 2.45) is 4.99 Å². The molecule has 0 spiro atoms. The summed E-state index contributed by atoms with van der Waals surface area (Å²) >= 11 is 1.91. The molecule has 3 N–H and O–H groups in total. The van der Waals surface area contributed by atoms with Crippen LogP contribution in [0.1, 0.15) is 18.4 Å². The lowest BCUT2D eigenvalue weighted by Crippen LogP contribution is -2.45. The Hall–Kier alpha value is -1.94. The summed E-state index contributed by atoms with van der Waals surface area (Å²) in [6.45, 7) is 1.47. The summed E-state index contributed by atoms with van der Waals surface area (Å²) in [4.78, 5) is 17.6. The summed E-state index contributed by atoms with van der Waals surface area (Å²) in [6, 6.07) is 18.1. The molecule has 0 atom stereocenters. The van der Waals surface area contributed by atoms with Crippen LogP contribution in [0.25, 0.3) is 0 Å². The smallest absolute Gasteiger partial charge is 0.239 e. The molecule has 0 aromatic heterocycles. The minimum absolute atomic E-state index is 0. The first kappa shape index (κ1) is 24.3. The molecule has 1 saturated carbocycles. The third kappa shape index (κ3) is 7.71. The fourth-order valence-corrected chi connectivity index (χ4v) is 4.07. The number of guanidine groups is 1. The van der Waals surface area contributed by atoms with Gasteiger partial charge in [-0.25, -0.2) is 0 Å². The van der Waals surface area contributed by atoms with Gasteiger partial charge in [0.15, 0.2) is 5.96 Å². The van der Waals surface area contributed by atoms with Crippen molar-refractivity contribution in [2.45, 2.75) is 29.0 Å². The van der Waals surface area contributed by atoms with Crippen LogP contribution in [0.2, 0.25) is 0 Å². The predicted molar refractivity (Wildman–Crippen MR) is 134 cm³/mol. The molecule has 2 aromatic rings. The number of amides is 1. The average molecular weight is 540 g/mol. The molecule has 2 aromatic carbocycles. The monoisotopic (exact) mass is 540 g/mol. The van der Waals surface area contributed by atoms with E-state index in [0.29, 0.717) is 12.5 Å². The molecule has 0 aliphatic heterocycles. The van der Waals surface area contributed by atoms with Crippen LogP contribution in [-0.4, -0.2) is 43.9 Å². The molecular formula is C22H29IN4O2S. The van der Waals surface area contributed by atoms with Crippen molar-refractivity contribution in [3.8, 4) is 5.75 Å². The molecule has 0 unspecified atom stereocenters. The highest BCUT2D eigenvalue weighted by atomic mass is 127. The number of ether oxygens (including phenoxy) is 1. The van der Waals surface area contributed by atoms with Crippen LogP contribution < -0.4 is 20.7 Å². The first-order valence-electron chi connectivity index (χ1n) is 9.71. The van der Waals surface area contributed by atoms with Crippen LogP contribution in [0.4, 0.5) is 0 Å². The van der Waals surface area contributed by atoms with E-state index in [4.69, 9.17) is 4.74 Å². The van der Waals surface area contributed by atoms with Gasteiger partial charge in [-0.3, -0.25) is 9.79 Å². The zero-order valence-corrected chi connectivity index (χ0v) is 20.5. The molecule has 6 nitrogen and oxygen atoms in total. The molecule has 0 saturated heterocycles. The molecular weight excluding hydrogens is 511 g/mol. The maximum absolute atomic E-state index is 12.1. The number of methoxy groups -OCH3 is 1. The van der Waals surface area contributed by atoms with Gasteiger partial charge in [0, 0.05) is 29.8 Å². The minimum atomic E-state index is -0.0800. The molecule has 0 bridgehead atoms. The van der Waals surface area contributed by atoms with Gasteiger partial charge in [-0.15, -0.1) is 35.7 Å². The van der Waals surface area contributed by atoms with E-state index in [2.05, 4.69) is 45.2 Å². The van der Waals surface area contributed by atoms with Gasteiger partial charge in [0.25, 0.3) is 0 Å². The third-order valence-electron chi connectivity index (χ3n) is 4.75.